The van der Waals surface area contributed by atoms with E-state index in [1.54, 1.807) is 41.6 Å². The lowest BCUT2D eigenvalue weighted by Crippen LogP contribution is -2.25. The van der Waals surface area contributed by atoms with Gasteiger partial charge in [0.1, 0.15) is 5.82 Å². The molecule has 3 aromatic rings. The van der Waals surface area contributed by atoms with Gasteiger partial charge in [-0.1, -0.05) is 17.3 Å². The van der Waals surface area contributed by atoms with Gasteiger partial charge in [0.25, 0.3) is 5.91 Å². The van der Waals surface area contributed by atoms with Crippen molar-refractivity contribution in [1.29, 1.82) is 0 Å². The lowest BCUT2D eigenvalue weighted by Gasteiger charge is -2.11. The highest BCUT2D eigenvalue weighted by molar-refractivity contribution is 5.94. The molecule has 2 aromatic heterocycles. The Balaban J connectivity index is 1.56. The molecule has 0 fully saturated rings. The Kier molecular flexibility index (Phi) is 5.52. The molecule has 1 N–H and O–H groups in total. The molecule has 0 saturated carbocycles. The van der Waals surface area contributed by atoms with Gasteiger partial charge >= 0.3 is 0 Å². The fourth-order valence-electron chi connectivity index (χ4n) is 2.40. The van der Waals surface area contributed by atoms with Crippen molar-refractivity contribution in [2.24, 2.45) is 0 Å². The molecule has 0 aliphatic heterocycles. The molecule has 8 nitrogen and oxygen atoms in total. The highest BCUT2D eigenvalue weighted by atomic mass is 16.1. The van der Waals surface area contributed by atoms with Crippen molar-refractivity contribution in [2.45, 2.75) is 13.0 Å². The monoisotopic (exact) mass is 351 g/mol. The molecule has 0 radical (unpaired) electrons. The third-order valence-electron chi connectivity index (χ3n) is 3.84. The number of benzene rings is 1. The first-order chi connectivity index (χ1) is 12.6. The summed E-state index contributed by atoms with van der Waals surface area (Å²) in [5.41, 5.74) is 2.31. The average molecular weight is 351 g/mol. The Morgan fingerprint density at radius 2 is 2.00 bits per heavy atom. The molecule has 8 heteroatoms. The van der Waals surface area contributed by atoms with E-state index in [0.717, 1.165) is 30.0 Å². The van der Waals surface area contributed by atoms with Gasteiger partial charge in [0.05, 0.1) is 24.3 Å². The van der Waals surface area contributed by atoms with Crippen LogP contribution in [0.3, 0.4) is 0 Å². The Hall–Kier alpha value is -3.29. The molecule has 26 heavy (non-hydrogen) atoms. The molecule has 1 amide bonds. The largest absolute Gasteiger partial charge is 0.361 e. The van der Waals surface area contributed by atoms with Crippen molar-refractivity contribution in [3.63, 3.8) is 0 Å². The van der Waals surface area contributed by atoms with Gasteiger partial charge in [-0.2, -0.15) is 0 Å². The minimum absolute atomic E-state index is 0.0942. The van der Waals surface area contributed by atoms with Crippen molar-refractivity contribution < 1.29 is 4.79 Å². The molecule has 0 spiro atoms. The zero-order valence-corrected chi connectivity index (χ0v) is 14.8. The number of hydrogen-bond donors (Lipinski definition) is 1. The molecular formula is C18H21N7O. The van der Waals surface area contributed by atoms with Gasteiger partial charge in [0, 0.05) is 44.5 Å². The predicted molar refractivity (Wildman–Crippen MR) is 98.8 cm³/mol. The lowest BCUT2D eigenvalue weighted by molar-refractivity contribution is 0.0952. The van der Waals surface area contributed by atoms with Crippen molar-refractivity contribution in [2.75, 3.05) is 25.5 Å². The van der Waals surface area contributed by atoms with Gasteiger partial charge in [-0.15, -0.1) is 5.10 Å². The van der Waals surface area contributed by atoms with E-state index in [-0.39, 0.29) is 5.91 Å². The molecule has 0 unspecified atom stereocenters. The molecule has 0 saturated heterocycles. The molecule has 2 heterocycles. The van der Waals surface area contributed by atoms with Gasteiger partial charge < -0.3 is 10.2 Å². The van der Waals surface area contributed by atoms with E-state index < -0.39 is 0 Å². The first-order valence-electron chi connectivity index (χ1n) is 8.35. The predicted octanol–water partition coefficient (Wildman–Crippen LogP) is 1.62. The van der Waals surface area contributed by atoms with Crippen LogP contribution in [0.4, 0.5) is 5.82 Å². The number of hydrogen-bond acceptors (Lipinski definition) is 6. The standard InChI is InChI=1S/C18H21N7O/c1-24(2)17-13-19-12-16(22-17)14-4-6-15(7-5-14)18(26)20-8-3-10-25-11-9-21-23-25/h4-7,9,11-13H,3,8,10H2,1-2H3,(H,20,26). The minimum atomic E-state index is -0.0942. The molecule has 0 atom stereocenters. The third kappa shape index (κ3) is 4.41. The Morgan fingerprint density at radius 3 is 2.69 bits per heavy atom. The van der Waals surface area contributed by atoms with Crippen LogP contribution >= 0.6 is 0 Å². The number of carbonyl (C=O) groups excluding carboxylic acids is 1. The summed E-state index contributed by atoms with van der Waals surface area (Å²) in [7, 11) is 3.84. The summed E-state index contributed by atoms with van der Waals surface area (Å²) in [5, 5.41) is 10.5. The molecular weight excluding hydrogens is 330 g/mol. The average Bonchev–Trinajstić information content (AvgIpc) is 3.19. The van der Waals surface area contributed by atoms with E-state index in [4.69, 9.17) is 0 Å². The number of aryl methyl sites for hydroxylation is 1. The van der Waals surface area contributed by atoms with Gasteiger partial charge in [-0.25, -0.2) is 4.98 Å². The van der Waals surface area contributed by atoms with Crippen molar-refractivity contribution in [1.82, 2.24) is 30.3 Å². The molecule has 0 aliphatic rings. The summed E-state index contributed by atoms with van der Waals surface area (Å²) < 4.78 is 1.74. The number of aromatic nitrogens is 5. The first kappa shape index (κ1) is 17.5. The summed E-state index contributed by atoms with van der Waals surface area (Å²) >= 11 is 0. The maximum absolute atomic E-state index is 12.2. The number of anilines is 1. The molecule has 134 valence electrons. The van der Waals surface area contributed by atoms with Crippen LogP contribution in [0.2, 0.25) is 0 Å². The number of carbonyl (C=O) groups is 1. The van der Waals surface area contributed by atoms with Crippen LogP contribution in [0.5, 0.6) is 0 Å². The van der Waals surface area contributed by atoms with Crippen molar-refractivity contribution >= 4 is 11.7 Å². The zero-order chi connectivity index (χ0) is 18.4. The first-order valence-corrected chi connectivity index (χ1v) is 8.35. The highest BCUT2D eigenvalue weighted by Crippen LogP contribution is 2.19. The maximum atomic E-state index is 12.2. The van der Waals surface area contributed by atoms with Gasteiger partial charge in [0.2, 0.25) is 0 Å². The normalized spacial score (nSPS) is 10.5. The van der Waals surface area contributed by atoms with Crippen LogP contribution in [-0.2, 0) is 6.54 Å². The van der Waals surface area contributed by atoms with E-state index in [0.29, 0.717) is 12.1 Å². The zero-order valence-electron chi connectivity index (χ0n) is 14.8. The van der Waals surface area contributed by atoms with Gasteiger partial charge in [0.15, 0.2) is 0 Å². The Labute approximate surface area is 151 Å². The van der Waals surface area contributed by atoms with Crippen LogP contribution in [0.1, 0.15) is 16.8 Å². The number of nitrogens with zero attached hydrogens (tertiary/aromatic N) is 6. The summed E-state index contributed by atoms with van der Waals surface area (Å²) in [6, 6.07) is 7.36. The van der Waals surface area contributed by atoms with Crippen molar-refractivity contribution in [3.05, 3.63) is 54.6 Å². The second-order valence-electron chi connectivity index (χ2n) is 6.01. The SMILES string of the molecule is CN(C)c1cncc(-c2ccc(C(=O)NCCCn3ccnn3)cc2)n1. The summed E-state index contributed by atoms with van der Waals surface area (Å²) in [4.78, 5) is 22.9. The molecule has 0 aliphatic carbocycles. The van der Waals surface area contributed by atoms with Gasteiger partial charge in [-0.3, -0.25) is 14.5 Å². The quantitative estimate of drug-likeness (QED) is 0.651. The Morgan fingerprint density at radius 1 is 1.19 bits per heavy atom. The summed E-state index contributed by atoms with van der Waals surface area (Å²) in [5.74, 6) is 0.694. The van der Waals surface area contributed by atoms with Crippen LogP contribution in [0.25, 0.3) is 11.3 Å². The minimum Gasteiger partial charge on any atom is -0.361 e. The molecule has 1 aromatic carbocycles. The van der Waals surface area contributed by atoms with Crippen molar-refractivity contribution in [3.8, 4) is 11.3 Å². The third-order valence-corrected chi connectivity index (χ3v) is 3.84. The van der Waals surface area contributed by atoms with E-state index >= 15 is 0 Å². The summed E-state index contributed by atoms with van der Waals surface area (Å²) in [6.45, 7) is 1.30. The second kappa shape index (κ2) is 8.19. The van der Waals surface area contributed by atoms with Gasteiger partial charge in [-0.05, 0) is 18.6 Å². The number of nitrogens with one attached hydrogen (secondary N) is 1. The number of rotatable bonds is 7. The molecule has 3 rings (SSSR count). The maximum Gasteiger partial charge on any atom is 0.251 e. The summed E-state index contributed by atoms with van der Waals surface area (Å²) in [6.07, 6.45) is 7.66. The van der Waals surface area contributed by atoms with Crippen LogP contribution < -0.4 is 10.2 Å². The Bertz CT molecular complexity index is 844. The van der Waals surface area contributed by atoms with Crippen LogP contribution in [0.15, 0.2) is 49.1 Å². The second-order valence-corrected chi connectivity index (χ2v) is 6.01. The number of amides is 1. The smallest absolute Gasteiger partial charge is 0.251 e. The van der Waals surface area contributed by atoms with E-state index in [2.05, 4.69) is 25.6 Å². The fourth-order valence-corrected chi connectivity index (χ4v) is 2.40. The van der Waals surface area contributed by atoms with Crippen LogP contribution in [-0.4, -0.2) is 51.5 Å². The topological polar surface area (TPSA) is 88.8 Å². The molecule has 0 bridgehead atoms. The fraction of sp³-hybridized carbons (Fsp3) is 0.278. The lowest BCUT2D eigenvalue weighted by atomic mass is 10.1. The van der Waals surface area contributed by atoms with E-state index in [1.165, 1.54) is 0 Å². The van der Waals surface area contributed by atoms with Crippen LogP contribution in [0, 0.1) is 0 Å². The highest BCUT2D eigenvalue weighted by Gasteiger charge is 2.07. The van der Waals surface area contributed by atoms with E-state index in [1.807, 2.05) is 31.1 Å². The van der Waals surface area contributed by atoms with E-state index in [9.17, 15) is 4.79 Å².